The molecule has 1 aromatic heterocycles. The fraction of sp³-hybridized carbons (Fsp3) is 0.0244. The smallest absolute Gasteiger partial charge is 0.161 e. The van der Waals surface area contributed by atoms with E-state index >= 15 is 0 Å². The van der Waals surface area contributed by atoms with Crippen LogP contribution in [-0.4, -0.2) is 9.97 Å². The summed E-state index contributed by atoms with van der Waals surface area (Å²) in [6.45, 7) is 2.12. The molecule has 7 aromatic carbocycles. The van der Waals surface area contributed by atoms with Crippen molar-refractivity contribution in [3.8, 4) is 44.9 Å². The minimum atomic E-state index is 0.741. The Balaban J connectivity index is 1.30. The van der Waals surface area contributed by atoms with Gasteiger partial charge in [0.25, 0.3) is 0 Å². The van der Waals surface area contributed by atoms with Crippen LogP contribution in [0.3, 0.4) is 0 Å². The van der Waals surface area contributed by atoms with Crippen molar-refractivity contribution in [1.82, 2.24) is 9.97 Å². The second kappa shape index (κ2) is 10.3. The molecular formula is C41H28N2. The third-order valence-corrected chi connectivity index (χ3v) is 8.39. The molecule has 0 amide bonds. The van der Waals surface area contributed by atoms with Gasteiger partial charge in [-0.25, -0.2) is 9.97 Å². The van der Waals surface area contributed by atoms with Gasteiger partial charge in [0.15, 0.2) is 5.82 Å². The largest absolute Gasteiger partial charge is 0.228 e. The van der Waals surface area contributed by atoms with E-state index in [9.17, 15) is 0 Å². The Bertz CT molecular complexity index is 2280. The normalized spacial score (nSPS) is 11.4. The van der Waals surface area contributed by atoms with E-state index in [1.54, 1.807) is 0 Å². The molecule has 0 aliphatic carbocycles. The van der Waals surface area contributed by atoms with Crippen LogP contribution >= 0.6 is 0 Å². The zero-order valence-corrected chi connectivity index (χ0v) is 23.8. The van der Waals surface area contributed by atoms with E-state index in [4.69, 9.17) is 9.97 Å². The van der Waals surface area contributed by atoms with E-state index < -0.39 is 0 Å². The van der Waals surface area contributed by atoms with Crippen LogP contribution < -0.4 is 0 Å². The molecule has 0 saturated carbocycles. The van der Waals surface area contributed by atoms with Gasteiger partial charge in [0.1, 0.15) is 0 Å². The first-order valence-electron chi connectivity index (χ1n) is 14.7. The molecule has 0 N–H and O–H groups in total. The van der Waals surface area contributed by atoms with Gasteiger partial charge in [0.05, 0.1) is 11.2 Å². The highest BCUT2D eigenvalue weighted by Gasteiger charge is 2.16. The first-order valence-corrected chi connectivity index (χ1v) is 14.7. The summed E-state index contributed by atoms with van der Waals surface area (Å²) < 4.78 is 0. The Kier molecular flexibility index (Phi) is 6.05. The summed E-state index contributed by atoms with van der Waals surface area (Å²) in [6.07, 6.45) is 0. The van der Waals surface area contributed by atoms with Gasteiger partial charge in [-0.15, -0.1) is 0 Å². The maximum Gasteiger partial charge on any atom is 0.161 e. The molecule has 0 atom stereocenters. The molecule has 0 fully saturated rings. The molecule has 0 spiro atoms. The highest BCUT2D eigenvalue weighted by Crippen LogP contribution is 2.39. The predicted octanol–water partition coefficient (Wildman–Crippen LogP) is 10.9. The van der Waals surface area contributed by atoms with Gasteiger partial charge in [-0.05, 0) is 56.8 Å². The summed E-state index contributed by atoms with van der Waals surface area (Å²) in [7, 11) is 0. The summed E-state index contributed by atoms with van der Waals surface area (Å²) in [5, 5.41) is 5.77. The van der Waals surface area contributed by atoms with Crippen LogP contribution in [0.4, 0.5) is 0 Å². The maximum atomic E-state index is 5.28. The van der Waals surface area contributed by atoms with Crippen LogP contribution in [0.15, 0.2) is 152 Å². The third-order valence-electron chi connectivity index (χ3n) is 8.39. The number of hydrogen-bond acceptors (Lipinski definition) is 2. The number of benzene rings is 7. The predicted molar refractivity (Wildman–Crippen MR) is 181 cm³/mol. The van der Waals surface area contributed by atoms with Crippen LogP contribution in [0.25, 0.3) is 77.3 Å². The van der Waals surface area contributed by atoms with Gasteiger partial charge in [0.2, 0.25) is 0 Å². The number of nitrogens with zero attached hydrogens (tertiary/aromatic N) is 2. The Morgan fingerprint density at radius 3 is 1.70 bits per heavy atom. The first kappa shape index (κ1) is 25.1. The van der Waals surface area contributed by atoms with Crippen molar-refractivity contribution in [3.05, 3.63) is 157 Å². The van der Waals surface area contributed by atoms with Crippen molar-refractivity contribution < 1.29 is 0 Å². The lowest BCUT2D eigenvalue weighted by Crippen LogP contribution is -1.96. The Hall–Kier alpha value is -5.60. The van der Waals surface area contributed by atoms with Crippen molar-refractivity contribution >= 4 is 32.4 Å². The molecular weight excluding hydrogens is 520 g/mol. The second-order valence-corrected chi connectivity index (χ2v) is 11.1. The molecule has 2 nitrogen and oxygen atoms in total. The number of hydrogen-bond donors (Lipinski definition) is 0. The van der Waals surface area contributed by atoms with Crippen LogP contribution in [-0.2, 0) is 0 Å². The Morgan fingerprint density at radius 2 is 0.930 bits per heavy atom. The average molecular weight is 549 g/mol. The number of para-hydroxylation sites is 1. The fourth-order valence-electron chi connectivity index (χ4n) is 6.17. The van der Waals surface area contributed by atoms with Gasteiger partial charge in [-0.1, -0.05) is 151 Å². The highest BCUT2D eigenvalue weighted by atomic mass is 14.9. The quantitative estimate of drug-likeness (QED) is 0.219. The van der Waals surface area contributed by atoms with E-state index in [1.807, 2.05) is 6.07 Å². The van der Waals surface area contributed by atoms with Gasteiger partial charge in [-0.2, -0.15) is 0 Å². The first-order chi connectivity index (χ1) is 21.2. The van der Waals surface area contributed by atoms with E-state index in [0.717, 1.165) is 38.9 Å². The molecule has 202 valence electrons. The number of aromatic nitrogens is 2. The molecule has 0 unspecified atom stereocenters. The molecule has 8 rings (SSSR count). The molecule has 8 aromatic rings. The van der Waals surface area contributed by atoms with Gasteiger partial charge < -0.3 is 0 Å². The zero-order valence-electron chi connectivity index (χ0n) is 23.8. The molecule has 43 heavy (non-hydrogen) atoms. The molecule has 0 aliphatic heterocycles. The summed E-state index contributed by atoms with van der Waals surface area (Å²) in [6, 6.07) is 53.9. The van der Waals surface area contributed by atoms with E-state index in [2.05, 4.69) is 153 Å². The van der Waals surface area contributed by atoms with E-state index in [-0.39, 0.29) is 0 Å². The second-order valence-electron chi connectivity index (χ2n) is 11.1. The molecule has 0 bridgehead atoms. The molecule has 0 saturated heterocycles. The Morgan fingerprint density at radius 1 is 0.372 bits per heavy atom. The Labute approximate surface area is 251 Å². The SMILES string of the molecule is Cc1ccc(-c2ccc(-c3ccc(-c4nc(-c5cccc6ccccc56)nc5ccccc45)c4ccccc34)cc2)cc1. The molecule has 2 heteroatoms. The molecule has 0 aliphatic rings. The van der Waals surface area contributed by atoms with Crippen LogP contribution in [0.1, 0.15) is 5.56 Å². The third kappa shape index (κ3) is 4.45. The zero-order chi connectivity index (χ0) is 28.8. The summed E-state index contributed by atoms with van der Waals surface area (Å²) in [5.74, 6) is 0.741. The van der Waals surface area contributed by atoms with Gasteiger partial charge in [-0.3, -0.25) is 0 Å². The van der Waals surface area contributed by atoms with Crippen molar-refractivity contribution in [1.29, 1.82) is 0 Å². The highest BCUT2D eigenvalue weighted by molar-refractivity contribution is 6.09. The van der Waals surface area contributed by atoms with Crippen molar-refractivity contribution in [2.75, 3.05) is 0 Å². The summed E-state index contributed by atoms with van der Waals surface area (Å²) in [4.78, 5) is 10.3. The number of aryl methyl sites for hydroxylation is 1. The minimum absolute atomic E-state index is 0.741. The van der Waals surface area contributed by atoms with Crippen LogP contribution in [0, 0.1) is 6.92 Å². The number of rotatable bonds is 4. The lowest BCUT2D eigenvalue weighted by molar-refractivity contribution is 1.24. The lowest BCUT2D eigenvalue weighted by Gasteiger charge is -2.15. The summed E-state index contributed by atoms with van der Waals surface area (Å²) in [5.41, 5.74) is 10.2. The maximum absolute atomic E-state index is 5.28. The average Bonchev–Trinajstić information content (AvgIpc) is 3.07. The van der Waals surface area contributed by atoms with Crippen LogP contribution in [0.5, 0.6) is 0 Å². The summed E-state index contributed by atoms with van der Waals surface area (Å²) >= 11 is 0. The van der Waals surface area contributed by atoms with Crippen molar-refractivity contribution in [2.24, 2.45) is 0 Å². The topological polar surface area (TPSA) is 25.8 Å². The molecule has 0 radical (unpaired) electrons. The van der Waals surface area contributed by atoms with E-state index in [0.29, 0.717) is 0 Å². The van der Waals surface area contributed by atoms with Crippen molar-refractivity contribution in [2.45, 2.75) is 6.92 Å². The van der Waals surface area contributed by atoms with Gasteiger partial charge >= 0.3 is 0 Å². The lowest BCUT2D eigenvalue weighted by atomic mass is 9.92. The fourth-order valence-corrected chi connectivity index (χ4v) is 6.17. The minimum Gasteiger partial charge on any atom is -0.228 e. The monoisotopic (exact) mass is 548 g/mol. The van der Waals surface area contributed by atoms with Gasteiger partial charge in [0, 0.05) is 16.5 Å². The number of fused-ring (bicyclic) bond motifs is 3. The molecule has 1 heterocycles. The van der Waals surface area contributed by atoms with Crippen LogP contribution in [0.2, 0.25) is 0 Å². The standard InChI is InChI=1S/C41H28N2/c1-27-17-19-28(20-18-27)29-21-23-31(24-22-29)33-25-26-36(35-13-5-4-12-34(33)35)40-38-14-6-7-16-39(38)42-41(43-40)37-15-8-10-30-9-2-3-11-32(30)37/h2-26H,1H3. The van der Waals surface area contributed by atoms with Crippen molar-refractivity contribution in [3.63, 3.8) is 0 Å². The van der Waals surface area contributed by atoms with E-state index in [1.165, 1.54) is 44.0 Å².